The van der Waals surface area contributed by atoms with E-state index in [0.717, 1.165) is 37.3 Å². The number of aliphatic hydroxyl groups is 1. The van der Waals surface area contributed by atoms with Gasteiger partial charge in [-0.2, -0.15) is 0 Å². The van der Waals surface area contributed by atoms with Crippen LogP contribution >= 0.6 is 0 Å². The first kappa shape index (κ1) is 200. The van der Waals surface area contributed by atoms with Crippen LogP contribution in [0.1, 0.15) is 183 Å². The molecule has 1 amide bonds. The van der Waals surface area contributed by atoms with Crippen LogP contribution in [0.25, 0.3) is 0 Å². The predicted octanol–water partition coefficient (Wildman–Crippen LogP) is 8.58. The fourth-order valence-corrected chi connectivity index (χ4v) is 1.92. The third kappa shape index (κ3) is 1030. The minimum Gasteiger partial charge on any atom is -0.394 e. The molecule has 0 unspecified atom stereocenters. The summed E-state index contributed by atoms with van der Waals surface area (Å²) in [6, 6.07) is 10.5. The molecule has 1 saturated heterocycles. The lowest BCUT2D eigenvalue weighted by atomic mass is 10.1. The van der Waals surface area contributed by atoms with Crippen LogP contribution in [-0.2, 0) is 64.0 Å². The molecular formula is C59H160N12O13. The van der Waals surface area contributed by atoms with Gasteiger partial charge >= 0.3 is 0 Å². The Bertz CT molecular complexity index is 685. The van der Waals surface area contributed by atoms with Gasteiger partial charge in [-0.1, -0.05) is 168 Å². The number of aliphatic hydroxyl groups excluding tert-OH is 1. The first-order chi connectivity index (χ1) is 39.2. The Kier molecular flexibility index (Phi) is 1330. The van der Waals surface area contributed by atoms with Crippen molar-refractivity contribution >= 4 is 80.6 Å². The normalized spacial score (nSPS) is 6.38. The molecule has 1 aliphatic rings. The highest BCUT2D eigenvalue weighted by molar-refractivity contribution is 5.73. The largest absolute Gasteiger partial charge is 0.394 e. The van der Waals surface area contributed by atoms with Crippen LogP contribution in [0, 0.1) is 17.8 Å². The molecule has 0 aliphatic carbocycles. The standard InChI is InChI=1S/C8H10.C7H13NO.2C5H12.C4H10.C3H8O.4C2H6.8CH5N.11CH2O.3H3N/c1-2-8-6-4-3-5-7-8;1-7(9)8-5-3-2-4-6-8;2*1-4-5(2)3;1-4(2)3;1-3(2)4;23*1-2;;;/h3-7H,2H2,1H3;2-6H2,1H3;2*5H,4H2,1-3H3;4H,1-3H3;3-4H,1-2H3;4*1-2H3;8*2H2,1H3;11*1H2;3*1H3. The number of hydrogen-bond donors (Lipinski definition) is 12. The molecule has 26 N–H and O–H groups in total. The second-order valence-corrected chi connectivity index (χ2v) is 10.8. The van der Waals surface area contributed by atoms with Crippen molar-refractivity contribution in [1.29, 1.82) is 0 Å². The summed E-state index contributed by atoms with van der Waals surface area (Å²) in [6.07, 6.45) is 7.27. The zero-order valence-corrected chi connectivity index (χ0v) is 61.2. The number of amides is 1. The Morgan fingerprint density at radius 2 is 0.524 bits per heavy atom. The van der Waals surface area contributed by atoms with E-state index < -0.39 is 0 Å². The molecular weight excluding hydrogens is 1080 g/mol. The summed E-state index contributed by atoms with van der Waals surface area (Å²) in [7, 11) is 12.0. The van der Waals surface area contributed by atoms with Gasteiger partial charge in [-0.05, 0) is 119 Å². The van der Waals surface area contributed by atoms with Gasteiger partial charge < -0.3 is 127 Å². The number of likely N-dealkylation sites (tertiary alicyclic amines) is 1. The minimum atomic E-state index is -0.167. The zero-order valence-electron chi connectivity index (χ0n) is 61.2. The Balaban J connectivity index is -0.0000000132. The van der Waals surface area contributed by atoms with E-state index in [-0.39, 0.29) is 30.5 Å². The van der Waals surface area contributed by atoms with Crippen molar-refractivity contribution in [2.75, 3.05) is 69.5 Å². The van der Waals surface area contributed by atoms with Crippen LogP contribution < -0.4 is 64.3 Å². The third-order valence-corrected chi connectivity index (χ3v) is 4.69. The highest BCUT2D eigenvalue weighted by Gasteiger charge is 2.11. The molecule has 1 fully saturated rings. The number of benzene rings is 1. The maximum absolute atomic E-state index is 10.7. The van der Waals surface area contributed by atoms with E-state index in [2.05, 4.69) is 139 Å². The van der Waals surface area contributed by atoms with Crippen molar-refractivity contribution in [3.8, 4) is 0 Å². The van der Waals surface area contributed by atoms with Crippen LogP contribution in [0.15, 0.2) is 30.3 Å². The van der Waals surface area contributed by atoms with E-state index in [9.17, 15) is 4.79 Å². The number of piperidine rings is 1. The van der Waals surface area contributed by atoms with Gasteiger partial charge in [0.15, 0.2) is 0 Å². The molecule has 25 heteroatoms. The summed E-state index contributed by atoms with van der Waals surface area (Å²) in [6.45, 7) is 67.0. The molecule has 25 nitrogen and oxygen atoms in total. The van der Waals surface area contributed by atoms with Crippen LogP contribution in [0.5, 0.6) is 0 Å². The van der Waals surface area contributed by atoms with E-state index in [1.807, 2.05) is 141 Å². The number of hydrogen-bond acceptors (Lipinski definition) is 24. The Morgan fingerprint density at radius 3 is 0.595 bits per heavy atom. The molecule has 0 radical (unpaired) electrons. The van der Waals surface area contributed by atoms with Crippen molar-refractivity contribution < 1.29 is 62.6 Å². The van der Waals surface area contributed by atoms with Crippen molar-refractivity contribution in [2.45, 2.75) is 190 Å². The van der Waals surface area contributed by atoms with E-state index in [1.54, 1.807) is 20.8 Å². The molecule has 1 heterocycles. The van der Waals surface area contributed by atoms with Gasteiger partial charge in [0.05, 0.1) is 0 Å². The van der Waals surface area contributed by atoms with Gasteiger partial charge in [-0.3, -0.25) is 4.79 Å². The maximum Gasteiger partial charge on any atom is 0.219 e. The average molecular weight is 1250 g/mol. The predicted molar refractivity (Wildman–Crippen MR) is 380 cm³/mol. The summed E-state index contributed by atoms with van der Waals surface area (Å²) in [5.74, 6) is 2.83. The second-order valence-electron chi connectivity index (χ2n) is 10.8. The van der Waals surface area contributed by atoms with E-state index in [4.69, 9.17) is 57.8 Å². The van der Waals surface area contributed by atoms with Crippen molar-refractivity contribution in [3.05, 3.63) is 35.9 Å². The summed E-state index contributed by atoms with van der Waals surface area (Å²) < 4.78 is 0. The molecule has 1 aromatic carbocycles. The average Bonchev–Trinajstić information content (AvgIpc) is 3.60. The monoisotopic (exact) mass is 1250 g/mol. The Labute approximate surface area is 524 Å². The molecule has 2 rings (SSSR count). The SMILES string of the molecule is C=O.C=O.C=O.C=O.C=O.C=O.C=O.C=O.C=O.C=O.C=O.CC.CC.CC.CC.CC(=O)N1CCCCC1.CC(C)C.CC(C)O.CCC(C)C.CCC(C)C.CCc1ccccc1.CN.CN.CN.CN.CN.CN.CN.CN.N.N.N. The number of rotatable bonds is 3. The molecule has 0 atom stereocenters. The lowest BCUT2D eigenvalue weighted by molar-refractivity contribution is -0.129. The smallest absolute Gasteiger partial charge is 0.219 e. The minimum absolute atomic E-state index is 0. The summed E-state index contributed by atoms with van der Waals surface area (Å²) in [4.78, 5) is 101. The summed E-state index contributed by atoms with van der Waals surface area (Å²) in [5.41, 5.74) is 37.4. The first-order valence-electron chi connectivity index (χ1n) is 26.0. The number of nitrogens with zero attached hydrogens (tertiary/aromatic N) is 1. The van der Waals surface area contributed by atoms with Gasteiger partial charge in [-0.25, -0.2) is 0 Å². The number of carbonyl (C=O) groups excluding carboxylic acids is 12. The van der Waals surface area contributed by atoms with Gasteiger partial charge in [0.2, 0.25) is 5.91 Å². The molecule has 0 aromatic heterocycles. The molecule has 1 aliphatic heterocycles. The van der Waals surface area contributed by atoms with E-state index >= 15 is 0 Å². The van der Waals surface area contributed by atoms with E-state index in [1.165, 1.54) is 94.0 Å². The van der Waals surface area contributed by atoms with Crippen LogP contribution in [0.4, 0.5) is 0 Å². The first-order valence-corrected chi connectivity index (χ1v) is 26.0. The molecule has 0 bridgehead atoms. The topological polar surface area (TPSA) is 541 Å². The molecule has 534 valence electrons. The van der Waals surface area contributed by atoms with Crippen molar-refractivity contribution in [2.24, 2.45) is 63.6 Å². The van der Waals surface area contributed by atoms with Gasteiger partial charge in [0, 0.05) is 26.1 Å². The number of nitrogens with two attached hydrogens (primary N) is 8. The number of carbonyl (C=O) groups is 12. The van der Waals surface area contributed by atoms with Crippen molar-refractivity contribution in [1.82, 2.24) is 23.4 Å². The van der Waals surface area contributed by atoms with Gasteiger partial charge in [0.25, 0.3) is 0 Å². The number of aryl methyl sites for hydroxylation is 1. The molecule has 1 aromatic rings. The van der Waals surface area contributed by atoms with Crippen LogP contribution in [0.3, 0.4) is 0 Å². The maximum atomic E-state index is 10.7. The second kappa shape index (κ2) is 557. The molecule has 0 saturated carbocycles. The quantitative estimate of drug-likeness (QED) is 0.135. The van der Waals surface area contributed by atoms with Crippen LogP contribution in [0.2, 0.25) is 0 Å². The molecule has 84 heavy (non-hydrogen) atoms. The summed E-state index contributed by atoms with van der Waals surface area (Å²) >= 11 is 0. The van der Waals surface area contributed by atoms with Gasteiger partial charge in [0.1, 0.15) is 74.7 Å². The summed E-state index contributed by atoms with van der Waals surface area (Å²) in [5, 5.41) is 8.06. The zero-order chi connectivity index (χ0) is 74.2. The lowest BCUT2D eigenvalue weighted by Crippen LogP contribution is -2.33. The Morgan fingerprint density at radius 1 is 0.393 bits per heavy atom. The fourth-order valence-electron chi connectivity index (χ4n) is 1.92. The van der Waals surface area contributed by atoms with Crippen LogP contribution in [-0.4, -0.2) is 166 Å². The highest BCUT2D eigenvalue weighted by atomic mass is 16.3. The highest BCUT2D eigenvalue weighted by Crippen LogP contribution is 2.07. The fraction of sp³-hybridized carbons (Fsp3) is 0.695. The van der Waals surface area contributed by atoms with Gasteiger partial charge in [-0.15, -0.1) is 0 Å². The van der Waals surface area contributed by atoms with E-state index in [0.29, 0.717) is 0 Å². The lowest BCUT2D eigenvalue weighted by Gasteiger charge is -2.24. The molecule has 0 spiro atoms. The Hall–Kier alpha value is -5.42. The third-order valence-electron chi connectivity index (χ3n) is 4.69. The van der Waals surface area contributed by atoms with Crippen molar-refractivity contribution in [3.63, 3.8) is 0 Å².